The third-order valence-electron chi connectivity index (χ3n) is 3.01. The molecule has 3 rings (SSSR count). The lowest BCUT2D eigenvalue weighted by atomic mass is 10.1. The van der Waals surface area contributed by atoms with Gasteiger partial charge >= 0.3 is 0 Å². The first-order chi connectivity index (χ1) is 11.2. The maximum absolute atomic E-state index is 11.0. The number of pyridine rings is 1. The van der Waals surface area contributed by atoms with Gasteiger partial charge in [-0.3, -0.25) is 4.79 Å². The zero-order valence-corrected chi connectivity index (χ0v) is 12.7. The number of amides is 1. The van der Waals surface area contributed by atoms with E-state index in [2.05, 4.69) is 11.1 Å². The fourth-order valence-corrected chi connectivity index (χ4v) is 2.74. The number of nitriles is 1. The third kappa shape index (κ3) is 3.07. The number of ether oxygens (including phenoxy) is 1. The van der Waals surface area contributed by atoms with E-state index in [1.165, 1.54) is 17.6 Å². The molecule has 0 saturated carbocycles. The first-order valence-corrected chi connectivity index (χ1v) is 7.51. The van der Waals surface area contributed by atoms with E-state index in [4.69, 9.17) is 14.9 Å². The SMILES string of the molecule is N#Cc1c(-c2ccco2)cc(-c2cccs2)nc1OCC(N)=O. The second kappa shape index (κ2) is 6.34. The molecule has 0 bridgehead atoms. The molecule has 114 valence electrons. The molecule has 3 aromatic rings. The lowest BCUT2D eigenvalue weighted by molar-refractivity contribution is -0.120. The van der Waals surface area contributed by atoms with Crippen LogP contribution in [-0.2, 0) is 4.79 Å². The van der Waals surface area contributed by atoms with Gasteiger partial charge in [0.2, 0.25) is 5.88 Å². The quantitative estimate of drug-likeness (QED) is 0.777. The van der Waals surface area contributed by atoms with Crippen LogP contribution < -0.4 is 10.5 Å². The molecule has 0 fully saturated rings. The average Bonchev–Trinajstić information content (AvgIpc) is 3.24. The fraction of sp³-hybridized carbons (Fsp3) is 0.0625. The Morgan fingerprint density at radius 2 is 2.30 bits per heavy atom. The fourth-order valence-electron chi connectivity index (χ4n) is 2.05. The van der Waals surface area contributed by atoms with Gasteiger partial charge in [0.05, 0.1) is 16.8 Å². The summed E-state index contributed by atoms with van der Waals surface area (Å²) in [6.45, 7) is -0.354. The Labute approximate surface area is 135 Å². The molecule has 6 nitrogen and oxygen atoms in total. The molecule has 0 aliphatic carbocycles. The molecule has 3 heterocycles. The van der Waals surface area contributed by atoms with Crippen LogP contribution in [0.1, 0.15) is 5.56 Å². The van der Waals surface area contributed by atoms with Crippen molar-refractivity contribution in [2.45, 2.75) is 0 Å². The van der Waals surface area contributed by atoms with E-state index in [9.17, 15) is 10.1 Å². The molecule has 0 unspecified atom stereocenters. The van der Waals surface area contributed by atoms with Crippen molar-refractivity contribution in [3.8, 4) is 33.8 Å². The molecule has 3 aromatic heterocycles. The first-order valence-electron chi connectivity index (χ1n) is 6.63. The topological polar surface area (TPSA) is 102 Å². The summed E-state index contributed by atoms with van der Waals surface area (Å²) in [5.41, 5.74) is 6.48. The van der Waals surface area contributed by atoms with Gasteiger partial charge < -0.3 is 14.9 Å². The standard InChI is InChI=1S/C16H11N3O3S/c17-8-11-10(13-3-1-5-21-13)7-12(14-4-2-6-23-14)19-16(11)22-9-15(18)20/h1-7H,9H2,(H2,18,20). The van der Waals surface area contributed by atoms with Gasteiger partial charge in [0, 0.05) is 5.56 Å². The summed E-state index contributed by atoms with van der Waals surface area (Å²) in [7, 11) is 0. The summed E-state index contributed by atoms with van der Waals surface area (Å²) in [6, 6.07) is 11.1. The summed E-state index contributed by atoms with van der Waals surface area (Å²) in [6.07, 6.45) is 1.52. The average molecular weight is 325 g/mol. The number of nitrogens with zero attached hydrogens (tertiary/aromatic N) is 2. The highest BCUT2D eigenvalue weighted by molar-refractivity contribution is 7.13. The van der Waals surface area contributed by atoms with E-state index < -0.39 is 5.91 Å². The molecule has 0 radical (unpaired) electrons. The number of nitrogens with two attached hydrogens (primary N) is 1. The normalized spacial score (nSPS) is 10.2. The van der Waals surface area contributed by atoms with Crippen LogP contribution in [0.15, 0.2) is 46.4 Å². The van der Waals surface area contributed by atoms with Crippen LogP contribution in [0.25, 0.3) is 21.9 Å². The molecule has 7 heteroatoms. The molecule has 1 amide bonds. The summed E-state index contributed by atoms with van der Waals surface area (Å²) in [4.78, 5) is 16.2. The predicted molar refractivity (Wildman–Crippen MR) is 84.7 cm³/mol. The highest BCUT2D eigenvalue weighted by atomic mass is 32.1. The molecule has 23 heavy (non-hydrogen) atoms. The predicted octanol–water partition coefficient (Wildman–Crippen LogP) is 2.81. The van der Waals surface area contributed by atoms with Crippen molar-refractivity contribution in [3.63, 3.8) is 0 Å². The summed E-state index contributed by atoms with van der Waals surface area (Å²) in [5, 5.41) is 11.4. The number of carbonyl (C=O) groups is 1. The Morgan fingerprint density at radius 1 is 1.43 bits per heavy atom. The highest BCUT2D eigenvalue weighted by Gasteiger charge is 2.18. The Kier molecular flexibility index (Phi) is 4.08. The van der Waals surface area contributed by atoms with E-state index in [0.717, 1.165) is 4.88 Å². The lowest BCUT2D eigenvalue weighted by Gasteiger charge is -2.10. The Balaban J connectivity index is 2.17. The number of thiophene rings is 1. The molecule has 0 saturated heterocycles. The van der Waals surface area contributed by atoms with Gasteiger partial charge in [-0.1, -0.05) is 6.07 Å². The molecule has 0 atom stereocenters. The van der Waals surface area contributed by atoms with Gasteiger partial charge in [0.25, 0.3) is 5.91 Å². The molecule has 0 aromatic carbocycles. The molecule has 0 spiro atoms. The number of furan rings is 1. The van der Waals surface area contributed by atoms with Crippen molar-refractivity contribution in [2.75, 3.05) is 6.61 Å². The van der Waals surface area contributed by atoms with Crippen molar-refractivity contribution in [3.05, 3.63) is 47.5 Å². The van der Waals surface area contributed by atoms with Crippen LogP contribution in [0.3, 0.4) is 0 Å². The van der Waals surface area contributed by atoms with Crippen LogP contribution >= 0.6 is 11.3 Å². The number of aromatic nitrogens is 1. The zero-order valence-electron chi connectivity index (χ0n) is 11.9. The van der Waals surface area contributed by atoms with Crippen molar-refractivity contribution < 1.29 is 13.9 Å². The van der Waals surface area contributed by atoms with Crippen molar-refractivity contribution in [1.82, 2.24) is 4.98 Å². The number of primary amides is 1. The van der Waals surface area contributed by atoms with Gasteiger partial charge in [-0.25, -0.2) is 4.98 Å². The van der Waals surface area contributed by atoms with Crippen LogP contribution in [0.5, 0.6) is 5.88 Å². The van der Waals surface area contributed by atoms with Gasteiger partial charge in [-0.2, -0.15) is 5.26 Å². The molecular weight excluding hydrogens is 314 g/mol. The maximum Gasteiger partial charge on any atom is 0.255 e. The summed E-state index contributed by atoms with van der Waals surface area (Å²) in [5.74, 6) is -0.0638. The second-order valence-corrected chi connectivity index (χ2v) is 5.50. The number of rotatable bonds is 5. The van der Waals surface area contributed by atoms with Crippen LogP contribution in [0.4, 0.5) is 0 Å². The Bertz CT molecular complexity index is 865. The van der Waals surface area contributed by atoms with Gasteiger partial charge in [0.15, 0.2) is 6.61 Å². The largest absolute Gasteiger partial charge is 0.467 e. The second-order valence-electron chi connectivity index (χ2n) is 4.56. The van der Waals surface area contributed by atoms with Crippen molar-refractivity contribution in [1.29, 1.82) is 5.26 Å². The number of hydrogen-bond donors (Lipinski definition) is 1. The van der Waals surface area contributed by atoms with Crippen LogP contribution in [0.2, 0.25) is 0 Å². The summed E-state index contributed by atoms with van der Waals surface area (Å²) >= 11 is 1.51. The van der Waals surface area contributed by atoms with Crippen molar-refractivity contribution in [2.24, 2.45) is 5.73 Å². The minimum absolute atomic E-state index is 0.0589. The van der Waals surface area contributed by atoms with Gasteiger partial charge in [-0.15, -0.1) is 11.3 Å². The molecule has 0 aliphatic rings. The Morgan fingerprint density at radius 3 is 2.91 bits per heavy atom. The van der Waals surface area contributed by atoms with Gasteiger partial charge in [-0.05, 0) is 29.6 Å². The minimum Gasteiger partial charge on any atom is -0.467 e. The van der Waals surface area contributed by atoms with E-state index in [1.807, 2.05) is 17.5 Å². The number of hydrogen-bond acceptors (Lipinski definition) is 6. The zero-order chi connectivity index (χ0) is 16.2. The molecule has 2 N–H and O–H groups in total. The monoisotopic (exact) mass is 325 g/mol. The van der Waals surface area contributed by atoms with Crippen LogP contribution in [-0.4, -0.2) is 17.5 Å². The molecular formula is C16H11N3O3S. The summed E-state index contributed by atoms with van der Waals surface area (Å²) < 4.78 is 10.7. The first kappa shape index (κ1) is 14.8. The van der Waals surface area contributed by atoms with Crippen molar-refractivity contribution >= 4 is 17.2 Å². The van der Waals surface area contributed by atoms with E-state index in [-0.39, 0.29) is 18.1 Å². The lowest BCUT2D eigenvalue weighted by Crippen LogP contribution is -2.21. The van der Waals surface area contributed by atoms with E-state index >= 15 is 0 Å². The third-order valence-corrected chi connectivity index (χ3v) is 3.90. The number of carbonyl (C=O) groups excluding carboxylic acids is 1. The van der Waals surface area contributed by atoms with Crippen LogP contribution in [0, 0.1) is 11.3 Å². The highest BCUT2D eigenvalue weighted by Crippen LogP contribution is 2.34. The smallest absolute Gasteiger partial charge is 0.255 e. The Hall–Kier alpha value is -3.11. The van der Waals surface area contributed by atoms with E-state index in [1.54, 1.807) is 18.2 Å². The maximum atomic E-state index is 11.0. The van der Waals surface area contributed by atoms with E-state index in [0.29, 0.717) is 17.0 Å². The van der Waals surface area contributed by atoms with Gasteiger partial charge in [0.1, 0.15) is 17.4 Å². The minimum atomic E-state index is -0.642. The molecule has 0 aliphatic heterocycles.